The number of hydrogen-bond acceptors (Lipinski definition) is 7. The second-order valence-corrected chi connectivity index (χ2v) is 8.58. The monoisotopic (exact) mass is 439 g/mol. The van der Waals surface area contributed by atoms with Gasteiger partial charge in [0.05, 0.1) is 15.5 Å². The number of rotatable bonds is 6. The van der Waals surface area contributed by atoms with Crippen molar-refractivity contribution in [3.8, 4) is 11.4 Å². The first-order valence-electron chi connectivity index (χ1n) is 8.16. The summed E-state index contributed by atoms with van der Waals surface area (Å²) in [6.07, 6.45) is 0. The van der Waals surface area contributed by atoms with E-state index in [9.17, 15) is 17.6 Å². The molecule has 0 radical (unpaired) electrons. The van der Waals surface area contributed by atoms with Crippen molar-refractivity contribution in [3.63, 3.8) is 0 Å². The van der Waals surface area contributed by atoms with Crippen LogP contribution in [0.15, 0.2) is 51.9 Å². The van der Waals surface area contributed by atoms with Gasteiger partial charge in [0.25, 0.3) is 5.89 Å². The first-order valence-corrected chi connectivity index (χ1v) is 9.98. The highest BCUT2D eigenvalue weighted by atomic mass is 35.5. The van der Waals surface area contributed by atoms with Crippen molar-refractivity contribution in [2.45, 2.75) is 11.5 Å². The molecule has 29 heavy (non-hydrogen) atoms. The maximum Gasteiger partial charge on any atom is 0.340 e. The van der Waals surface area contributed by atoms with E-state index in [2.05, 4.69) is 10.1 Å². The summed E-state index contributed by atoms with van der Waals surface area (Å²) in [5.41, 5.74) is 0.408. The number of nitrogens with zero attached hydrogens (tertiary/aromatic N) is 3. The Balaban J connectivity index is 1.74. The summed E-state index contributed by atoms with van der Waals surface area (Å²) in [4.78, 5) is 16.3. The van der Waals surface area contributed by atoms with Crippen LogP contribution in [0.5, 0.6) is 0 Å². The SMILES string of the molecule is CN(C)S(=O)(=O)c1ccc(Cl)c(C(=O)OCc2nc(-c3ccc(F)cc3)no2)c1. The molecule has 0 spiro atoms. The topological polar surface area (TPSA) is 103 Å². The van der Waals surface area contributed by atoms with E-state index in [1.807, 2.05) is 0 Å². The molecule has 0 N–H and O–H groups in total. The molecule has 2 aromatic carbocycles. The van der Waals surface area contributed by atoms with Gasteiger partial charge in [-0.25, -0.2) is 21.9 Å². The quantitative estimate of drug-likeness (QED) is 0.543. The van der Waals surface area contributed by atoms with E-state index in [4.69, 9.17) is 20.9 Å². The zero-order valence-corrected chi connectivity index (χ0v) is 16.9. The predicted molar refractivity (Wildman–Crippen MR) is 101 cm³/mol. The maximum absolute atomic E-state index is 13.0. The zero-order chi connectivity index (χ0) is 21.2. The summed E-state index contributed by atoms with van der Waals surface area (Å²) in [6, 6.07) is 9.19. The van der Waals surface area contributed by atoms with Crippen LogP contribution in [-0.4, -0.2) is 42.9 Å². The molecule has 152 valence electrons. The lowest BCUT2D eigenvalue weighted by molar-refractivity contribution is 0.0429. The Kier molecular flexibility index (Phi) is 5.96. The molecule has 3 rings (SSSR count). The molecule has 3 aromatic rings. The van der Waals surface area contributed by atoms with Gasteiger partial charge in [0, 0.05) is 19.7 Å². The van der Waals surface area contributed by atoms with E-state index < -0.39 is 21.8 Å². The van der Waals surface area contributed by atoms with Gasteiger partial charge in [0.2, 0.25) is 15.8 Å². The number of halogens is 2. The zero-order valence-electron chi connectivity index (χ0n) is 15.3. The number of ether oxygens (including phenoxy) is 1. The van der Waals surface area contributed by atoms with Crippen molar-refractivity contribution in [1.29, 1.82) is 0 Å². The Labute approximate surface area is 170 Å². The third-order valence-electron chi connectivity index (χ3n) is 3.83. The highest BCUT2D eigenvalue weighted by Gasteiger charge is 2.22. The van der Waals surface area contributed by atoms with Crippen molar-refractivity contribution in [1.82, 2.24) is 14.4 Å². The molecule has 11 heteroatoms. The number of carbonyl (C=O) groups excluding carboxylic acids is 1. The van der Waals surface area contributed by atoms with Gasteiger partial charge in [-0.1, -0.05) is 16.8 Å². The molecule has 0 saturated heterocycles. The van der Waals surface area contributed by atoms with Gasteiger partial charge in [-0.15, -0.1) is 0 Å². The Morgan fingerprint density at radius 2 is 1.90 bits per heavy atom. The minimum absolute atomic E-state index is 0.00543. The van der Waals surface area contributed by atoms with Crippen LogP contribution in [0.4, 0.5) is 4.39 Å². The van der Waals surface area contributed by atoms with Crippen LogP contribution in [0, 0.1) is 5.82 Å². The van der Waals surface area contributed by atoms with Crippen LogP contribution in [0.1, 0.15) is 16.2 Å². The average molecular weight is 440 g/mol. The van der Waals surface area contributed by atoms with E-state index in [0.29, 0.717) is 5.56 Å². The van der Waals surface area contributed by atoms with Crippen molar-refractivity contribution in [2.24, 2.45) is 0 Å². The fraction of sp³-hybridized carbons (Fsp3) is 0.167. The molecule has 1 aromatic heterocycles. The summed E-state index contributed by atoms with van der Waals surface area (Å²) in [6.45, 7) is -0.353. The lowest BCUT2D eigenvalue weighted by Crippen LogP contribution is -2.22. The number of benzene rings is 2. The van der Waals surface area contributed by atoms with Gasteiger partial charge in [-0.05, 0) is 42.5 Å². The Hall–Kier alpha value is -2.82. The number of esters is 1. The lowest BCUT2D eigenvalue weighted by Gasteiger charge is -2.12. The average Bonchev–Trinajstić information content (AvgIpc) is 3.15. The minimum Gasteiger partial charge on any atom is -0.452 e. The van der Waals surface area contributed by atoms with E-state index >= 15 is 0 Å². The van der Waals surface area contributed by atoms with Crippen molar-refractivity contribution < 1.29 is 26.9 Å². The Morgan fingerprint density at radius 3 is 2.55 bits per heavy atom. The number of sulfonamides is 1. The molecule has 0 aliphatic carbocycles. The van der Waals surface area contributed by atoms with Crippen LogP contribution >= 0.6 is 11.6 Å². The van der Waals surface area contributed by atoms with Gasteiger partial charge >= 0.3 is 5.97 Å². The Morgan fingerprint density at radius 1 is 1.21 bits per heavy atom. The second kappa shape index (κ2) is 8.27. The molecule has 0 aliphatic rings. The van der Waals surface area contributed by atoms with Crippen LogP contribution in [0.25, 0.3) is 11.4 Å². The Bertz CT molecular complexity index is 1150. The van der Waals surface area contributed by atoms with Crippen molar-refractivity contribution >= 4 is 27.6 Å². The fourth-order valence-electron chi connectivity index (χ4n) is 2.27. The van der Waals surface area contributed by atoms with Crippen molar-refractivity contribution in [2.75, 3.05) is 14.1 Å². The fourth-order valence-corrected chi connectivity index (χ4v) is 3.39. The molecule has 0 unspecified atom stereocenters. The standard InChI is InChI=1S/C18H15ClFN3O5S/c1-23(2)29(25,26)13-7-8-15(19)14(9-13)18(24)27-10-16-21-17(22-28-16)11-3-5-12(20)6-4-11/h3-9H,10H2,1-2H3. The molecule has 0 bridgehead atoms. The molecule has 0 amide bonds. The van der Waals surface area contributed by atoms with E-state index in [1.165, 1.54) is 50.5 Å². The second-order valence-electron chi connectivity index (χ2n) is 6.02. The number of aromatic nitrogens is 2. The van der Waals surface area contributed by atoms with Crippen LogP contribution < -0.4 is 0 Å². The molecule has 8 nitrogen and oxygen atoms in total. The third kappa shape index (κ3) is 4.61. The van der Waals surface area contributed by atoms with Crippen molar-refractivity contribution in [3.05, 3.63) is 64.8 Å². The summed E-state index contributed by atoms with van der Waals surface area (Å²) >= 11 is 6.01. The lowest BCUT2D eigenvalue weighted by atomic mass is 10.2. The number of carbonyl (C=O) groups is 1. The van der Waals surface area contributed by atoms with Gasteiger partial charge in [0.15, 0.2) is 6.61 Å². The largest absolute Gasteiger partial charge is 0.452 e. The molecule has 0 fully saturated rings. The van der Waals surface area contributed by atoms with Gasteiger partial charge in [-0.2, -0.15) is 4.98 Å². The maximum atomic E-state index is 13.0. The third-order valence-corrected chi connectivity index (χ3v) is 5.97. The molecule has 0 atom stereocenters. The highest BCUT2D eigenvalue weighted by Crippen LogP contribution is 2.23. The summed E-state index contributed by atoms with van der Waals surface area (Å²) in [7, 11) is -1.01. The summed E-state index contributed by atoms with van der Waals surface area (Å²) in [5, 5.41) is 3.77. The van der Waals surface area contributed by atoms with E-state index in [1.54, 1.807) is 0 Å². The highest BCUT2D eigenvalue weighted by molar-refractivity contribution is 7.89. The van der Waals surface area contributed by atoms with E-state index in [-0.39, 0.29) is 33.8 Å². The predicted octanol–water partition coefficient (Wildman–Crippen LogP) is 3.14. The van der Waals surface area contributed by atoms with Gasteiger partial charge in [-0.3, -0.25) is 0 Å². The molecule has 1 heterocycles. The van der Waals surface area contributed by atoms with Crippen LogP contribution in [-0.2, 0) is 21.4 Å². The normalized spacial score (nSPS) is 11.6. The first kappa shape index (κ1) is 20.9. The molecular weight excluding hydrogens is 425 g/mol. The molecule has 0 aliphatic heterocycles. The van der Waals surface area contributed by atoms with Crippen LogP contribution in [0.3, 0.4) is 0 Å². The summed E-state index contributed by atoms with van der Waals surface area (Å²) in [5.74, 6) is -1.05. The number of hydrogen-bond donors (Lipinski definition) is 0. The van der Waals surface area contributed by atoms with Crippen LogP contribution in [0.2, 0.25) is 5.02 Å². The van der Waals surface area contributed by atoms with E-state index in [0.717, 1.165) is 10.4 Å². The minimum atomic E-state index is -3.75. The van der Waals surface area contributed by atoms with Gasteiger partial charge < -0.3 is 9.26 Å². The molecular formula is C18H15ClFN3O5S. The smallest absolute Gasteiger partial charge is 0.340 e. The first-order chi connectivity index (χ1) is 13.7. The van der Waals surface area contributed by atoms with Gasteiger partial charge in [0.1, 0.15) is 5.82 Å². The molecule has 0 saturated carbocycles. The summed E-state index contributed by atoms with van der Waals surface area (Å²) < 4.78 is 48.6.